The van der Waals surface area contributed by atoms with Crippen molar-refractivity contribution in [3.05, 3.63) is 23.9 Å². The summed E-state index contributed by atoms with van der Waals surface area (Å²) in [5.74, 6) is -2.03. The van der Waals surface area contributed by atoms with E-state index in [4.69, 9.17) is 0 Å². The standard InChI is InChI=1S/C16H22BF6N/c1-4-8-17(9-13(11(3)5-2)16(21,22)23)14-7-6-12(10-24-14)15(18,19)20/h6-7,10-11,13H,4-5,8-9H2,1-3H3. The highest BCUT2D eigenvalue weighted by atomic mass is 19.4. The molecule has 1 heterocycles. The van der Waals surface area contributed by atoms with Crippen molar-refractivity contribution in [3.8, 4) is 0 Å². The summed E-state index contributed by atoms with van der Waals surface area (Å²) in [6.45, 7) is 4.59. The van der Waals surface area contributed by atoms with Gasteiger partial charge in [-0.25, -0.2) is 0 Å². The Kier molecular flexibility index (Phi) is 7.17. The van der Waals surface area contributed by atoms with Crippen molar-refractivity contribution in [1.29, 1.82) is 0 Å². The van der Waals surface area contributed by atoms with Gasteiger partial charge in [0, 0.05) is 11.8 Å². The van der Waals surface area contributed by atoms with Crippen LogP contribution < -0.4 is 5.59 Å². The molecule has 2 atom stereocenters. The molecule has 0 spiro atoms. The maximum Gasteiger partial charge on any atom is 0.417 e. The van der Waals surface area contributed by atoms with Crippen LogP contribution in [-0.2, 0) is 6.18 Å². The van der Waals surface area contributed by atoms with Crippen LogP contribution in [0.3, 0.4) is 0 Å². The van der Waals surface area contributed by atoms with Gasteiger partial charge < -0.3 is 0 Å². The molecule has 1 rings (SSSR count). The third-order valence-corrected chi connectivity index (χ3v) is 4.46. The Morgan fingerprint density at radius 3 is 2.08 bits per heavy atom. The lowest BCUT2D eigenvalue weighted by Gasteiger charge is -2.28. The fourth-order valence-electron chi connectivity index (χ4n) is 2.83. The summed E-state index contributed by atoms with van der Waals surface area (Å²) in [4.78, 5) is 3.80. The first-order valence-electron chi connectivity index (χ1n) is 8.10. The van der Waals surface area contributed by atoms with Gasteiger partial charge >= 0.3 is 12.4 Å². The monoisotopic (exact) mass is 353 g/mol. The highest BCUT2D eigenvalue weighted by Gasteiger charge is 2.44. The van der Waals surface area contributed by atoms with E-state index in [-0.39, 0.29) is 6.32 Å². The SMILES string of the molecule is CCCB(CC(C(C)CC)C(F)(F)F)c1ccc(C(F)(F)F)cn1. The first-order valence-corrected chi connectivity index (χ1v) is 8.10. The molecule has 0 saturated carbocycles. The number of nitrogens with zero attached hydrogens (tertiary/aromatic N) is 1. The number of aromatic nitrogens is 1. The highest BCUT2D eigenvalue weighted by Crippen LogP contribution is 2.37. The predicted molar refractivity (Wildman–Crippen MR) is 83.5 cm³/mol. The molecule has 0 saturated heterocycles. The molecule has 0 aliphatic rings. The largest absolute Gasteiger partial charge is 0.417 e. The molecule has 1 aromatic heterocycles. The number of alkyl halides is 6. The number of hydrogen-bond donors (Lipinski definition) is 0. The van der Waals surface area contributed by atoms with Crippen molar-refractivity contribution < 1.29 is 26.3 Å². The van der Waals surface area contributed by atoms with Crippen LogP contribution >= 0.6 is 0 Å². The van der Waals surface area contributed by atoms with Crippen molar-refractivity contribution in [2.24, 2.45) is 11.8 Å². The Bertz CT molecular complexity index is 497. The van der Waals surface area contributed by atoms with Gasteiger partial charge in [0.05, 0.1) is 11.5 Å². The van der Waals surface area contributed by atoms with Crippen molar-refractivity contribution in [2.45, 2.75) is 58.6 Å². The summed E-state index contributed by atoms with van der Waals surface area (Å²) in [5, 5.41) is 0. The van der Waals surface area contributed by atoms with E-state index in [0.29, 0.717) is 31.0 Å². The van der Waals surface area contributed by atoms with E-state index < -0.39 is 36.5 Å². The molecule has 0 bridgehead atoms. The molecule has 0 aromatic carbocycles. The molecule has 24 heavy (non-hydrogen) atoms. The van der Waals surface area contributed by atoms with E-state index in [0.717, 1.165) is 6.07 Å². The first kappa shape index (κ1) is 20.8. The topological polar surface area (TPSA) is 12.9 Å². The van der Waals surface area contributed by atoms with Gasteiger partial charge in [0.2, 0.25) is 6.71 Å². The summed E-state index contributed by atoms with van der Waals surface area (Å²) in [6, 6.07) is 2.09. The minimum absolute atomic E-state index is 0.148. The van der Waals surface area contributed by atoms with Crippen LogP contribution in [0.1, 0.15) is 39.2 Å². The second-order valence-electron chi connectivity index (χ2n) is 6.22. The van der Waals surface area contributed by atoms with E-state index in [1.54, 1.807) is 13.8 Å². The number of pyridine rings is 1. The van der Waals surface area contributed by atoms with Gasteiger partial charge in [-0.2, -0.15) is 26.3 Å². The molecule has 0 amide bonds. The maximum absolute atomic E-state index is 13.3. The summed E-state index contributed by atoms with van der Waals surface area (Å²) >= 11 is 0. The zero-order valence-electron chi connectivity index (χ0n) is 14.0. The van der Waals surface area contributed by atoms with Crippen LogP contribution in [0.5, 0.6) is 0 Å². The molecule has 1 nitrogen and oxygen atoms in total. The van der Waals surface area contributed by atoms with Crippen LogP contribution in [0.15, 0.2) is 18.3 Å². The van der Waals surface area contributed by atoms with Crippen LogP contribution in [0.4, 0.5) is 26.3 Å². The highest BCUT2D eigenvalue weighted by molar-refractivity contribution is 6.72. The minimum atomic E-state index is -4.50. The lowest BCUT2D eigenvalue weighted by molar-refractivity contribution is -0.182. The molecule has 0 fully saturated rings. The van der Waals surface area contributed by atoms with E-state index in [2.05, 4.69) is 4.98 Å². The number of rotatable bonds is 7. The molecule has 0 radical (unpaired) electrons. The Morgan fingerprint density at radius 1 is 1.08 bits per heavy atom. The Hall–Kier alpha value is -1.21. The molecule has 0 aliphatic carbocycles. The van der Waals surface area contributed by atoms with E-state index >= 15 is 0 Å². The lowest BCUT2D eigenvalue weighted by atomic mass is 9.39. The fourth-order valence-corrected chi connectivity index (χ4v) is 2.83. The van der Waals surface area contributed by atoms with Crippen LogP contribution in [0.25, 0.3) is 0 Å². The fraction of sp³-hybridized carbons (Fsp3) is 0.688. The minimum Gasteiger partial charge on any atom is -0.271 e. The van der Waals surface area contributed by atoms with Crippen molar-refractivity contribution in [3.63, 3.8) is 0 Å². The smallest absolute Gasteiger partial charge is 0.271 e. The van der Waals surface area contributed by atoms with Gasteiger partial charge in [0.1, 0.15) is 0 Å². The molecular weight excluding hydrogens is 331 g/mol. The maximum atomic E-state index is 13.3. The third kappa shape index (κ3) is 5.70. The quantitative estimate of drug-likeness (QED) is 0.470. The normalized spacial score (nSPS) is 15.2. The van der Waals surface area contributed by atoms with Crippen molar-refractivity contribution in [2.75, 3.05) is 0 Å². The van der Waals surface area contributed by atoms with Gasteiger partial charge in [0.25, 0.3) is 0 Å². The zero-order chi connectivity index (χ0) is 18.5. The van der Waals surface area contributed by atoms with E-state index in [9.17, 15) is 26.3 Å². The number of hydrogen-bond acceptors (Lipinski definition) is 1. The molecular formula is C16H22BF6N. The first-order chi connectivity index (χ1) is 11.0. The molecule has 0 aliphatic heterocycles. The summed E-state index contributed by atoms with van der Waals surface area (Å²) in [7, 11) is 0. The zero-order valence-corrected chi connectivity index (χ0v) is 14.0. The second-order valence-corrected chi connectivity index (χ2v) is 6.22. The summed E-state index contributed by atoms with van der Waals surface area (Å²) in [6.07, 6.45) is -6.79. The van der Waals surface area contributed by atoms with Crippen molar-refractivity contribution >= 4 is 12.3 Å². The van der Waals surface area contributed by atoms with Gasteiger partial charge in [-0.05, 0) is 18.1 Å². The van der Waals surface area contributed by atoms with Gasteiger partial charge in [-0.15, -0.1) is 0 Å². The van der Waals surface area contributed by atoms with E-state index in [1.807, 2.05) is 6.92 Å². The van der Waals surface area contributed by atoms with E-state index in [1.165, 1.54) is 6.07 Å². The Labute approximate surface area is 138 Å². The van der Waals surface area contributed by atoms with Gasteiger partial charge in [-0.1, -0.05) is 46.3 Å². The third-order valence-electron chi connectivity index (χ3n) is 4.46. The average molecular weight is 353 g/mol. The molecule has 1 aromatic rings. The van der Waals surface area contributed by atoms with Gasteiger partial charge in [-0.3, -0.25) is 4.98 Å². The average Bonchev–Trinajstić information content (AvgIpc) is 2.48. The van der Waals surface area contributed by atoms with Gasteiger partial charge in [0.15, 0.2) is 0 Å². The summed E-state index contributed by atoms with van der Waals surface area (Å²) in [5.41, 5.74) is -0.599. The van der Waals surface area contributed by atoms with Crippen LogP contribution in [-0.4, -0.2) is 17.9 Å². The second kappa shape index (κ2) is 8.25. The Morgan fingerprint density at radius 2 is 1.71 bits per heavy atom. The van der Waals surface area contributed by atoms with Crippen molar-refractivity contribution in [1.82, 2.24) is 4.98 Å². The molecule has 2 unspecified atom stereocenters. The molecule has 8 heteroatoms. The van der Waals surface area contributed by atoms with Crippen LogP contribution in [0, 0.1) is 11.8 Å². The number of halogens is 6. The Balaban J connectivity index is 3.04. The predicted octanol–water partition coefficient (Wildman–Crippen LogP) is 5.44. The van der Waals surface area contributed by atoms with Crippen LogP contribution in [0.2, 0.25) is 12.6 Å². The molecule has 0 N–H and O–H groups in total. The lowest BCUT2D eigenvalue weighted by Crippen LogP contribution is -2.40. The summed E-state index contributed by atoms with van der Waals surface area (Å²) < 4.78 is 77.8. The molecule has 136 valence electrons.